The Morgan fingerprint density at radius 2 is 2.41 bits per heavy atom. The van der Waals surface area contributed by atoms with Gasteiger partial charge in [0.15, 0.2) is 0 Å². The van der Waals surface area contributed by atoms with Crippen LogP contribution in [0.5, 0.6) is 0 Å². The normalized spacial score (nSPS) is 19.8. The van der Waals surface area contributed by atoms with Gasteiger partial charge in [0, 0.05) is 12.8 Å². The van der Waals surface area contributed by atoms with Crippen molar-refractivity contribution in [1.29, 1.82) is 5.26 Å². The lowest BCUT2D eigenvalue weighted by molar-refractivity contribution is 0.0115. The average Bonchev–Trinajstić information content (AvgIpc) is 2.38. The maximum absolute atomic E-state index is 8.98. The second-order valence-corrected chi connectivity index (χ2v) is 4.41. The molecule has 1 aromatic heterocycles. The smallest absolute Gasteiger partial charge is 0.123 e. The van der Waals surface area contributed by atoms with Crippen molar-refractivity contribution in [3.8, 4) is 6.07 Å². The van der Waals surface area contributed by atoms with Gasteiger partial charge >= 0.3 is 0 Å². The van der Waals surface area contributed by atoms with Crippen LogP contribution in [0.25, 0.3) is 0 Å². The highest BCUT2D eigenvalue weighted by Gasteiger charge is 2.14. The van der Waals surface area contributed by atoms with Crippen molar-refractivity contribution in [2.75, 3.05) is 12.3 Å². The number of rotatable bonds is 3. The fourth-order valence-corrected chi connectivity index (χ4v) is 2.17. The van der Waals surface area contributed by atoms with E-state index in [1.807, 2.05) is 0 Å². The third-order valence-electron chi connectivity index (χ3n) is 3.14. The molecule has 1 saturated heterocycles. The van der Waals surface area contributed by atoms with E-state index in [-0.39, 0.29) is 0 Å². The van der Waals surface area contributed by atoms with E-state index in [1.54, 1.807) is 12.3 Å². The van der Waals surface area contributed by atoms with E-state index in [0.717, 1.165) is 31.4 Å². The Balaban J connectivity index is 1.98. The zero-order valence-corrected chi connectivity index (χ0v) is 9.85. The standard InChI is InChI=1S/C13H17N3O/c14-8-11-9-16-13(15)7-10(11)4-5-12-3-1-2-6-17-12/h7,9,12H,1-6H2,(H2,15,16). The van der Waals surface area contributed by atoms with Crippen molar-refractivity contribution < 1.29 is 4.74 Å². The summed E-state index contributed by atoms with van der Waals surface area (Å²) in [6, 6.07) is 3.94. The summed E-state index contributed by atoms with van der Waals surface area (Å²) in [5.74, 6) is 0.476. The summed E-state index contributed by atoms with van der Waals surface area (Å²) in [6.07, 6.45) is 7.22. The summed E-state index contributed by atoms with van der Waals surface area (Å²) < 4.78 is 5.67. The summed E-state index contributed by atoms with van der Waals surface area (Å²) in [6.45, 7) is 0.869. The molecular weight excluding hydrogens is 214 g/mol. The van der Waals surface area contributed by atoms with Gasteiger partial charge in [0.05, 0.1) is 11.7 Å². The van der Waals surface area contributed by atoms with Crippen LogP contribution < -0.4 is 5.73 Å². The summed E-state index contributed by atoms with van der Waals surface area (Å²) in [5.41, 5.74) is 7.24. The predicted molar refractivity (Wildman–Crippen MR) is 65.3 cm³/mol. The van der Waals surface area contributed by atoms with E-state index in [1.165, 1.54) is 12.8 Å². The first-order valence-electron chi connectivity index (χ1n) is 6.05. The van der Waals surface area contributed by atoms with Gasteiger partial charge < -0.3 is 10.5 Å². The summed E-state index contributed by atoms with van der Waals surface area (Å²) in [7, 11) is 0. The molecule has 0 saturated carbocycles. The average molecular weight is 231 g/mol. The minimum absolute atomic E-state index is 0.338. The molecule has 4 nitrogen and oxygen atoms in total. The van der Waals surface area contributed by atoms with E-state index in [0.29, 0.717) is 17.5 Å². The Labute approximate surface area is 101 Å². The van der Waals surface area contributed by atoms with Crippen LogP contribution in [0.4, 0.5) is 5.82 Å². The van der Waals surface area contributed by atoms with Crippen LogP contribution in [-0.2, 0) is 11.2 Å². The molecule has 1 aromatic rings. The molecule has 0 aromatic carbocycles. The second kappa shape index (κ2) is 5.65. The molecular formula is C13H17N3O. The number of pyridine rings is 1. The van der Waals surface area contributed by atoms with Gasteiger partial charge in [0.1, 0.15) is 11.9 Å². The van der Waals surface area contributed by atoms with Gasteiger partial charge in [-0.2, -0.15) is 5.26 Å². The van der Waals surface area contributed by atoms with Crippen molar-refractivity contribution in [2.24, 2.45) is 0 Å². The fraction of sp³-hybridized carbons (Fsp3) is 0.538. The lowest BCUT2D eigenvalue weighted by Gasteiger charge is -2.22. The molecule has 0 radical (unpaired) electrons. The third kappa shape index (κ3) is 3.18. The van der Waals surface area contributed by atoms with Gasteiger partial charge in [-0.25, -0.2) is 4.98 Å². The Kier molecular flexibility index (Phi) is 3.94. The number of nitriles is 1. The minimum Gasteiger partial charge on any atom is -0.384 e. The predicted octanol–water partition coefficient (Wildman–Crippen LogP) is 2.04. The highest BCUT2D eigenvalue weighted by molar-refractivity contribution is 5.42. The van der Waals surface area contributed by atoms with Crippen LogP contribution in [0.15, 0.2) is 12.3 Å². The van der Waals surface area contributed by atoms with Gasteiger partial charge in [-0.1, -0.05) is 0 Å². The number of hydrogen-bond acceptors (Lipinski definition) is 4. The lowest BCUT2D eigenvalue weighted by atomic mass is 9.99. The van der Waals surface area contributed by atoms with Crippen LogP contribution >= 0.6 is 0 Å². The Hall–Kier alpha value is -1.60. The van der Waals surface area contributed by atoms with E-state index in [2.05, 4.69) is 11.1 Å². The number of hydrogen-bond donors (Lipinski definition) is 1. The van der Waals surface area contributed by atoms with Gasteiger partial charge in [0.2, 0.25) is 0 Å². The number of nitrogen functional groups attached to an aromatic ring is 1. The van der Waals surface area contributed by atoms with E-state index >= 15 is 0 Å². The van der Waals surface area contributed by atoms with Gasteiger partial charge in [-0.05, 0) is 43.7 Å². The lowest BCUT2D eigenvalue weighted by Crippen LogP contribution is -2.19. The molecule has 90 valence electrons. The number of aryl methyl sites for hydroxylation is 1. The van der Waals surface area contributed by atoms with Crippen molar-refractivity contribution >= 4 is 5.82 Å². The third-order valence-corrected chi connectivity index (χ3v) is 3.14. The zero-order valence-electron chi connectivity index (χ0n) is 9.85. The van der Waals surface area contributed by atoms with Crippen molar-refractivity contribution in [1.82, 2.24) is 4.98 Å². The second-order valence-electron chi connectivity index (χ2n) is 4.41. The highest BCUT2D eigenvalue weighted by atomic mass is 16.5. The zero-order chi connectivity index (χ0) is 12.1. The molecule has 0 bridgehead atoms. The Bertz CT molecular complexity index is 419. The summed E-state index contributed by atoms with van der Waals surface area (Å²) in [5, 5.41) is 8.98. The summed E-state index contributed by atoms with van der Waals surface area (Å²) >= 11 is 0. The topological polar surface area (TPSA) is 71.9 Å². The molecule has 1 fully saturated rings. The van der Waals surface area contributed by atoms with Crippen LogP contribution in [0.3, 0.4) is 0 Å². The Morgan fingerprint density at radius 1 is 1.53 bits per heavy atom. The molecule has 4 heteroatoms. The first-order chi connectivity index (χ1) is 8.29. The van der Waals surface area contributed by atoms with E-state index in [4.69, 9.17) is 15.7 Å². The minimum atomic E-state index is 0.338. The molecule has 1 aliphatic rings. The molecule has 1 aliphatic heterocycles. The SMILES string of the molecule is N#Cc1cnc(N)cc1CCC1CCCCO1. The Morgan fingerprint density at radius 3 is 3.12 bits per heavy atom. The van der Waals surface area contributed by atoms with E-state index < -0.39 is 0 Å². The number of ether oxygens (including phenoxy) is 1. The van der Waals surface area contributed by atoms with Crippen LogP contribution in [0, 0.1) is 11.3 Å². The molecule has 2 N–H and O–H groups in total. The molecule has 1 unspecified atom stereocenters. The number of aromatic nitrogens is 1. The molecule has 2 rings (SSSR count). The maximum Gasteiger partial charge on any atom is 0.123 e. The maximum atomic E-state index is 8.98. The van der Waals surface area contributed by atoms with Gasteiger partial charge in [-0.15, -0.1) is 0 Å². The van der Waals surface area contributed by atoms with Crippen molar-refractivity contribution in [3.63, 3.8) is 0 Å². The highest BCUT2D eigenvalue weighted by Crippen LogP contribution is 2.19. The monoisotopic (exact) mass is 231 g/mol. The van der Waals surface area contributed by atoms with Crippen LogP contribution in [0.1, 0.15) is 36.8 Å². The number of nitrogens with zero attached hydrogens (tertiary/aromatic N) is 2. The first-order valence-corrected chi connectivity index (χ1v) is 6.05. The number of anilines is 1. The molecule has 1 atom stereocenters. The molecule has 0 spiro atoms. The van der Waals surface area contributed by atoms with Crippen molar-refractivity contribution in [2.45, 2.75) is 38.2 Å². The molecule has 17 heavy (non-hydrogen) atoms. The molecule has 2 heterocycles. The van der Waals surface area contributed by atoms with Gasteiger partial charge in [0.25, 0.3) is 0 Å². The van der Waals surface area contributed by atoms with Crippen molar-refractivity contribution in [3.05, 3.63) is 23.4 Å². The quantitative estimate of drug-likeness (QED) is 0.864. The molecule has 0 amide bonds. The van der Waals surface area contributed by atoms with Crippen LogP contribution in [0.2, 0.25) is 0 Å². The summed E-state index contributed by atoms with van der Waals surface area (Å²) in [4.78, 5) is 3.93. The molecule has 0 aliphatic carbocycles. The van der Waals surface area contributed by atoms with Crippen LogP contribution in [-0.4, -0.2) is 17.7 Å². The number of nitrogens with two attached hydrogens (primary N) is 1. The van der Waals surface area contributed by atoms with E-state index in [9.17, 15) is 0 Å². The van der Waals surface area contributed by atoms with Gasteiger partial charge in [-0.3, -0.25) is 0 Å². The fourth-order valence-electron chi connectivity index (χ4n) is 2.17. The largest absolute Gasteiger partial charge is 0.384 e. The first kappa shape index (κ1) is 11.9.